The van der Waals surface area contributed by atoms with Gasteiger partial charge in [0, 0.05) is 17.7 Å². The molecule has 0 aliphatic rings. The number of amides is 1. The van der Waals surface area contributed by atoms with Crippen LogP contribution in [0.3, 0.4) is 0 Å². The number of unbranched alkanes of at least 4 members (excludes halogenated alkanes) is 3. The Hall–Kier alpha value is -1.27. The van der Waals surface area contributed by atoms with E-state index in [1.807, 2.05) is 13.8 Å². The van der Waals surface area contributed by atoms with Crippen LogP contribution in [0, 0.1) is 0 Å². The van der Waals surface area contributed by atoms with E-state index >= 15 is 0 Å². The maximum Gasteiger partial charge on any atom is 0.391 e. The fourth-order valence-corrected chi connectivity index (χ4v) is 2.28. The fraction of sp³-hybridized carbons (Fsp3) is 0.562. The van der Waals surface area contributed by atoms with Crippen LogP contribution in [0.4, 0.5) is 4.39 Å². The zero-order valence-electron chi connectivity index (χ0n) is 14.3. The van der Waals surface area contributed by atoms with Crippen molar-refractivity contribution in [2.75, 3.05) is 13.1 Å². The van der Waals surface area contributed by atoms with Gasteiger partial charge in [-0.2, -0.15) is 0 Å². The molecule has 0 spiro atoms. The minimum atomic E-state index is -2.62. The average Bonchev–Trinajstić information content (AvgIpc) is 2.59. The number of carbonyl (C=O) groups is 1. The maximum atomic E-state index is 12.9. The monoisotopic (exact) mass is 362 g/mol. The highest BCUT2D eigenvalue weighted by Gasteiger charge is 2.13. The zero-order chi connectivity index (χ0) is 18.4. The topological polar surface area (TPSA) is 105 Å². The van der Waals surface area contributed by atoms with Crippen molar-refractivity contribution >= 4 is 14.5 Å². The predicted molar refractivity (Wildman–Crippen MR) is 94.4 cm³/mol. The van der Waals surface area contributed by atoms with Crippen molar-refractivity contribution < 1.29 is 23.5 Å². The van der Waals surface area contributed by atoms with Crippen LogP contribution in [-0.4, -0.2) is 28.8 Å². The summed E-state index contributed by atoms with van der Waals surface area (Å²) in [4.78, 5) is 29.5. The van der Waals surface area contributed by atoms with Gasteiger partial charge in [0.25, 0.3) is 5.91 Å². The van der Waals surface area contributed by atoms with Crippen LogP contribution >= 0.6 is 8.60 Å². The van der Waals surface area contributed by atoms with Crippen molar-refractivity contribution in [2.24, 2.45) is 5.73 Å². The zero-order valence-corrected chi connectivity index (χ0v) is 15.2. The third-order valence-corrected chi connectivity index (χ3v) is 3.42. The van der Waals surface area contributed by atoms with Gasteiger partial charge in [-0.05, 0) is 37.6 Å². The van der Waals surface area contributed by atoms with Crippen LogP contribution in [0.5, 0.6) is 5.75 Å². The minimum absolute atomic E-state index is 0.0249. The Kier molecular flexibility index (Phi) is 13.4. The molecule has 0 aromatic heterocycles. The Morgan fingerprint density at radius 3 is 2.50 bits per heavy atom. The van der Waals surface area contributed by atoms with Crippen molar-refractivity contribution in [3.63, 3.8) is 0 Å². The Bertz CT molecular complexity index is 475. The summed E-state index contributed by atoms with van der Waals surface area (Å²) in [6.07, 6.45) is 3.88. The number of hydrogen-bond donors (Lipinski definition) is 4. The molecule has 8 heteroatoms. The van der Waals surface area contributed by atoms with Gasteiger partial charge < -0.3 is 25.4 Å². The molecule has 1 rings (SSSR count). The predicted octanol–water partition coefficient (Wildman–Crippen LogP) is 3.02. The Balaban J connectivity index is 0.00000254. The molecular weight excluding hydrogens is 334 g/mol. The van der Waals surface area contributed by atoms with Gasteiger partial charge in [-0.1, -0.05) is 26.7 Å². The number of rotatable bonds is 10. The second-order valence-electron chi connectivity index (χ2n) is 4.76. The first-order chi connectivity index (χ1) is 11.6. The fourth-order valence-electron chi connectivity index (χ4n) is 1.93. The molecule has 6 nitrogen and oxygen atoms in total. The van der Waals surface area contributed by atoms with E-state index in [2.05, 4.69) is 5.32 Å². The highest BCUT2D eigenvalue weighted by molar-refractivity contribution is 7.39. The summed E-state index contributed by atoms with van der Waals surface area (Å²) in [6.45, 7) is 4.36. The number of alkyl halides is 1. The molecule has 1 aromatic rings. The van der Waals surface area contributed by atoms with Gasteiger partial charge in [0.05, 0.1) is 0 Å². The van der Waals surface area contributed by atoms with Gasteiger partial charge in [-0.15, -0.1) is 0 Å². The summed E-state index contributed by atoms with van der Waals surface area (Å²) in [7, 11) is -2.62. The Labute approximate surface area is 144 Å². The van der Waals surface area contributed by atoms with Crippen molar-refractivity contribution in [2.45, 2.75) is 46.2 Å². The second kappa shape index (κ2) is 14.1. The highest BCUT2D eigenvalue weighted by Crippen LogP contribution is 2.32. The summed E-state index contributed by atoms with van der Waals surface area (Å²) in [5.41, 5.74) is 5.81. The SMILES string of the molecule is CC.NCCCCCCNC(=O)c1ccc(OP(O)O)c(CF)c1. The van der Waals surface area contributed by atoms with E-state index in [1.165, 1.54) is 18.2 Å². The molecule has 5 N–H and O–H groups in total. The number of benzene rings is 1. The van der Waals surface area contributed by atoms with Crippen LogP contribution < -0.4 is 15.6 Å². The van der Waals surface area contributed by atoms with Crippen molar-refractivity contribution in [3.8, 4) is 5.75 Å². The third kappa shape index (κ3) is 9.13. The van der Waals surface area contributed by atoms with E-state index in [0.29, 0.717) is 18.7 Å². The standard InChI is InChI=1S/C14H22FN2O4P.C2H6/c15-10-12-9-11(5-6-13(12)21-22(19)20)14(18)17-8-4-2-1-3-7-16;1-2/h5-6,9,19-20H,1-4,7-8,10,16H2,(H,17,18);1-2H3. The summed E-state index contributed by atoms with van der Waals surface area (Å²) in [5.74, 6) is -0.271. The van der Waals surface area contributed by atoms with Gasteiger partial charge in [-0.25, -0.2) is 4.39 Å². The molecule has 0 unspecified atom stereocenters. The first-order valence-corrected chi connectivity index (χ1v) is 9.28. The third-order valence-electron chi connectivity index (χ3n) is 3.06. The lowest BCUT2D eigenvalue weighted by atomic mass is 10.1. The molecule has 24 heavy (non-hydrogen) atoms. The van der Waals surface area contributed by atoms with E-state index in [-0.39, 0.29) is 17.2 Å². The van der Waals surface area contributed by atoms with Crippen molar-refractivity contribution in [1.29, 1.82) is 0 Å². The number of nitrogens with one attached hydrogen (secondary N) is 1. The van der Waals surface area contributed by atoms with E-state index in [0.717, 1.165) is 25.7 Å². The van der Waals surface area contributed by atoms with Gasteiger partial charge in [0.1, 0.15) is 12.4 Å². The lowest BCUT2D eigenvalue weighted by molar-refractivity contribution is 0.0953. The number of halogens is 1. The van der Waals surface area contributed by atoms with Crippen LogP contribution in [0.25, 0.3) is 0 Å². The molecule has 0 bridgehead atoms. The van der Waals surface area contributed by atoms with E-state index in [9.17, 15) is 9.18 Å². The summed E-state index contributed by atoms with van der Waals surface area (Å²) in [5, 5.41) is 2.76. The first-order valence-electron chi connectivity index (χ1n) is 8.11. The van der Waals surface area contributed by atoms with Gasteiger partial charge in [0.15, 0.2) is 0 Å². The summed E-state index contributed by atoms with van der Waals surface area (Å²) < 4.78 is 17.6. The molecule has 1 aromatic carbocycles. The first kappa shape index (κ1) is 22.7. The average molecular weight is 362 g/mol. The lowest BCUT2D eigenvalue weighted by Gasteiger charge is -2.11. The number of nitrogens with two attached hydrogens (primary N) is 1. The Morgan fingerprint density at radius 1 is 1.25 bits per heavy atom. The summed E-state index contributed by atoms with van der Waals surface area (Å²) in [6, 6.07) is 4.15. The smallest absolute Gasteiger partial charge is 0.391 e. The van der Waals surface area contributed by atoms with Crippen LogP contribution in [0.15, 0.2) is 18.2 Å². The largest absolute Gasteiger partial charge is 0.427 e. The quantitative estimate of drug-likeness (QED) is 0.378. The molecule has 0 aliphatic heterocycles. The van der Waals surface area contributed by atoms with Crippen LogP contribution in [-0.2, 0) is 6.67 Å². The molecule has 0 fully saturated rings. The molecule has 0 aliphatic carbocycles. The van der Waals surface area contributed by atoms with E-state index in [4.69, 9.17) is 20.0 Å². The second-order valence-corrected chi connectivity index (χ2v) is 5.45. The molecular formula is C16H28FN2O4P. The summed E-state index contributed by atoms with van der Waals surface area (Å²) >= 11 is 0. The van der Waals surface area contributed by atoms with Crippen molar-refractivity contribution in [3.05, 3.63) is 29.3 Å². The molecule has 0 saturated heterocycles. The molecule has 138 valence electrons. The van der Waals surface area contributed by atoms with Gasteiger partial charge in [-0.3, -0.25) is 4.79 Å². The number of hydrogen-bond acceptors (Lipinski definition) is 5. The Morgan fingerprint density at radius 2 is 1.92 bits per heavy atom. The minimum Gasteiger partial charge on any atom is -0.427 e. The van der Waals surface area contributed by atoms with Gasteiger partial charge in [0.2, 0.25) is 0 Å². The van der Waals surface area contributed by atoms with Crippen molar-refractivity contribution in [1.82, 2.24) is 5.32 Å². The normalized spacial score (nSPS) is 10.1. The van der Waals surface area contributed by atoms with Gasteiger partial charge >= 0.3 is 8.60 Å². The molecule has 0 saturated carbocycles. The number of carbonyl (C=O) groups excluding carboxylic acids is 1. The van der Waals surface area contributed by atoms with E-state index in [1.54, 1.807) is 0 Å². The molecule has 1 amide bonds. The highest BCUT2D eigenvalue weighted by atomic mass is 31.2. The lowest BCUT2D eigenvalue weighted by Crippen LogP contribution is -2.24. The maximum absolute atomic E-state index is 12.9. The van der Waals surface area contributed by atoms with E-state index < -0.39 is 15.3 Å². The molecule has 0 radical (unpaired) electrons. The van der Waals surface area contributed by atoms with Crippen LogP contribution in [0.2, 0.25) is 0 Å². The molecule has 0 atom stereocenters. The molecule has 0 heterocycles. The van der Waals surface area contributed by atoms with Crippen LogP contribution in [0.1, 0.15) is 55.5 Å².